The maximum Gasteiger partial charge on any atom is 0.251 e. The Morgan fingerprint density at radius 1 is 1.17 bits per heavy atom. The molecule has 1 unspecified atom stereocenters. The van der Waals surface area contributed by atoms with Crippen molar-refractivity contribution >= 4 is 11.6 Å². The molecule has 1 amide bonds. The summed E-state index contributed by atoms with van der Waals surface area (Å²) in [7, 11) is 0. The van der Waals surface area contributed by atoms with Crippen LogP contribution in [0, 0.1) is 0 Å². The summed E-state index contributed by atoms with van der Waals surface area (Å²) in [5.74, 6) is -0.169. The summed E-state index contributed by atoms with van der Waals surface area (Å²) < 4.78 is 0. The van der Waals surface area contributed by atoms with Gasteiger partial charge in [-0.1, -0.05) is 24.3 Å². The normalized spacial score (nSPS) is 14.1. The van der Waals surface area contributed by atoms with Crippen molar-refractivity contribution in [3.05, 3.63) is 64.7 Å². The van der Waals surface area contributed by atoms with Gasteiger partial charge < -0.3 is 15.7 Å². The second-order valence-corrected chi connectivity index (χ2v) is 6.31. The summed E-state index contributed by atoms with van der Waals surface area (Å²) >= 11 is 0. The van der Waals surface area contributed by atoms with Crippen LogP contribution < -0.4 is 10.6 Å². The van der Waals surface area contributed by atoms with Crippen LogP contribution in [-0.2, 0) is 12.8 Å². The predicted octanol–water partition coefficient (Wildman–Crippen LogP) is 3.07. The van der Waals surface area contributed by atoms with E-state index < -0.39 is 0 Å². The van der Waals surface area contributed by atoms with E-state index in [0.717, 1.165) is 5.69 Å². The van der Waals surface area contributed by atoms with Crippen LogP contribution >= 0.6 is 0 Å². The number of rotatable bonds is 6. The number of anilines is 1. The molecule has 1 aliphatic carbocycles. The van der Waals surface area contributed by atoms with E-state index in [0.29, 0.717) is 5.56 Å². The summed E-state index contributed by atoms with van der Waals surface area (Å²) in [5, 5.41) is 14.9. The minimum absolute atomic E-state index is 0.0565. The molecule has 1 aliphatic rings. The van der Waals surface area contributed by atoms with Crippen LogP contribution in [0.2, 0.25) is 0 Å². The Morgan fingerprint density at radius 2 is 2.00 bits per heavy atom. The number of carbonyl (C=O) groups excluding carboxylic acids is 1. The molecule has 0 fully saturated rings. The molecule has 3 rings (SSSR count). The minimum atomic E-state index is -0.169. The number of amides is 1. The van der Waals surface area contributed by atoms with Crippen molar-refractivity contribution in [1.29, 1.82) is 0 Å². The van der Waals surface area contributed by atoms with Crippen molar-refractivity contribution in [1.82, 2.24) is 5.32 Å². The van der Waals surface area contributed by atoms with Gasteiger partial charge in [-0.15, -0.1) is 0 Å². The molecule has 0 spiro atoms. The molecule has 126 valence electrons. The molecular weight excluding hydrogens is 300 g/mol. The zero-order valence-electron chi connectivity index (χ0n) is 14.0. The molecule has 3 N–H and O–H groups in total. The zero-order chi connectivity index (χ0) is 16.9. The Kier molecular flexibility index (Phi) is 5.16. The van der Waals surface area contributed by atoms with Gasteiger partial charge in [-0.2, -0.15) is 0 Å². The third-order valence-corrected chi connectivity index (χ3v) is 4.53. The number of hydrogen-bond donors (Lipinski definition) is 3. The van der Waals surface area contributed by atoms with Gasteiger partial charge in [0, 0.05) is 23.8 Å². The van der Waals surface area contributed by atoms with Crippen LogP contribution in [-0.4, -0.2) is 24.2 Å². The Balaban J connectivity index is 1.70. The van der Waals surface area contributed by atoms with E-state index in [-0.39, 0.29) is 25.1 Å². The minimum Gasteiger partial charge on any atom is -0.395 e. The number of benzene rings is 2. The first-order valence-corrected chi connectivity index (χ1v) is 8.55. The summed E-state index contributed by atoms with van der Waals surface area (Å²) in [6.07, 6.45) is 3.63. The first-order valence-electron chi connectivity index (χ1n) is 8.55. The number of aryl methyl sites for hydroxylation is 2. The first kappa shape index (κ1) is 16.5. The number of carbonyl (C=O) groups is 1. The van der Waals surface area contributed by atoms with Gasteiger partial charge in [0.05, 0.1) is 6.61 Å². The molecule has 0 aromatic heterocycles. The van der Waals surface area contributed by atoms with Crippen LogP contribution in [0.5, 0.6) is 0 Å². The van der Waals surface area contributed by atoms with Crippen molar-refractivity contribution < 1.29 is 9.90 Å². The molecule has 0 radical (unpaired) electrons. The molecule has 0 heterocycles. The highest BCUT2D eigenvalue weighted by Gasteiger charge is 2.14. The van der Waals surface area contributed by atoms with Crippen molar-refractivity contribution in [2.45, 2.75) is 32.2 Å². The maximum atomic E-state index is 12.0. The lowest BCUT2D eigenvalue weighted by atomic mass is 10.0. The molecule has 4 heteroatoms. The van der Waals surface area contributed by atoms with Crippen molar-refractivity contribution in [3.63, 3.8) is 0 Å². The second kappa shape index (κ2) is 7.49. The standard InChI is InChI=1S/C20H24N2O2/c1-14(16-9-8-15-4-2-5-17(15)12-16)22-19-7-3-6-18(13-19)20(24)21-10-11-23/h3,6-9,12-14,22-23H,2,4-5,10-11H2,1H3,(H,21,24). The molecule has 2 aromatic carbocycles. The van der Waals surface area contributed by atoms with Gasteiger partial charge in [0.1, 0.15) is 0 Å². The SMILES string of the molecule is CC(Nc1cccc(C(=O)NCCO)c1)c1ccc2c(c1)CCC2. The van der Waals surface area contributed by atoms with E-state index in [9.17, 15) is 4.79 Å². The highest BCUT2D eigenvalue weighted by molar-refractivity contribution is 5.95. The summed E-state index contributed by atoms with van der Waals surface area (Å²) in [5.41, 5.74) is 5.73. The molecular formula is C20H24N2O2. The number of fused-ring (bicyclic) bond motifs is 1. The van der Waals surface area contributed by atoms with Gasteiger partial charge in [-0.05, 0) is 61.1 Å². The van der Waals surface area contributed by atoms with Gasteiger partial charge in [0.2, 0.25) is 0 Å². The maximum absolute atomic E-state index is 12.0. The predicted molar refractivity (Wildman–Crippen MR) is 96.4 cm³/mol. The van der Waals surface area contributed by atoms with E-state index in [1.165, 1.54) is 36.0 Å². The molecule has 0 aliphatic heterocycles. The fourth-order valence-electron chi connectivity index (χ4n) is 3.22. The van der Waals surface area contributed by atoms with Crippen molar-refractivity contribution in [3.8, 4) is 0 Å². The Morgan fingerprint density at radius 3 is 2.83 bits per heavy atom. The molecule has 1 atom stereocenters. The number of aliphatic hydroxyl groups excluding tert-OH is 1. The van der Waals surface area contributed by atoms with Crippen LogP contribution in [0.15, 0.2) is 42.5 Å². The lowest BCUT2D eigenvalue weighted by Gasteiger charge is -2.17. The zero-order valence-corrected chi connectivity index (χ0v) is 14.0. The molecule has 4 nitrogen and oxygen atoms in total. The average Bonchev–Trinajstić information content (AvgIpc) is 3.07. The highest BCUT2D eigenvalue weighted by atomic mass is 16.3. The summed E-state index contributed by atoms with van der Waals surface area (Å²) in [6.45, 7) is 2.34. The van der Waals surface area contributed by atoms with Crippen molar-refractivity contribution in [2.24, 2.45) is 0 Å². The monoisotopic (exact) mass is 324 g/mol. The topological polar surface area (TPSA) is 61.4 Å². The highest BCUT2D eigenvalue weighted by Crippen LogP contribution is 2.27. The Labute approximate surface area is 142 Å². The van der Waals surface area contributed by atoms with Crippen LogP contribution in [0.4, 0.5) is 5.69 Å². The molecule has 24 heavy (non-hydrogen) atoms. The van der Waals surface area contributed by atoms with Crippen LogP contribution in [0.1, 0.15) is 46.4 Å². The fraction of sp³-hybridized carbons (Fsp3) is 0.350. The quantitative estimate of drug-likeness (QED) is 0.765. The largest absolute Gasteiger partial charge is 0.395 e. The molecule has 0 bridgehead atoms. The fourth-order valence-corrected chi connectivity index (χ4v) is 3.22. The number of nitrogens with one attached hydrogen (secondary N) is 2. The van der Waals surface area contributed by atoms with Gasteiger partial charge in [-0.25, -0.2) is 0 Å². The van der Waals surface area contributed by atoms with Gasteiger partial charge >= 0.3 is 0 Å². The molecule has 2 aromatic rings. The average molecular weight is 324 g/mol. The van der Waals surface area contributed by atoms with Crippen LogP contribution in [0.3, 0.4) is 0 Å². The molecule has 0 saturated carbocycles. The van der Waals surface area contributed by atoms with Crippen molar-refractivity contribution in [2.75, 3.05) is 18.5 Å². The number of aliphatic hydroxyl groups is 1. The lowest BCUT2D eigenvalue weighted by Crippen LogP contribution is -2.26. The second-order valence-electron chi connectivity index (χ2n) is 6.31. The van der Waals surface area contributed by atoms with Crippen LogP contribution in [0.25, 0.3) is 0 Å². The summed E-state index contributed by atoms with van der Waals surface area (Å²) in [4.78, 5) is 12.0. The van der Waals surface area contributed by atoms with E-state index in [4.69, 9.17) is 5.11 Å². The smallest absolute Gasteiger partial charge is 0.251 e. The van der Waals surface area contributed by atoms with Gasteiger partial charge in [0.15, 0.2) is 0 Å². The van der Waals surface area contributed by atoms with E-state index in [1.807, 2.05) is 18.2 Å². The number of hydrogen-bond acceptors (Lipinski definition) is 3. The van der Waals surface area contributed by atoms with E-state index in [1.54, 1.807) is 6.07 Å². The Bertz CT molecular complexity index is 727. The van der Waals surface area contributed by atoms with E-state index >= 15 is 0 Å². The first-order chi connectivity index (χ1) is 11.7. The molecule has 0 saturated heterocycles. The van der Waals surface area contributed by atoms with Gasteiger partial charge in [-0.3, -0.25) is 4.79 Å². The lowest BCUT2D eigenvalue weighted by molar-refractivity contribution is 0.0945. The third kappa shape index (κ3) is 3.77. The van der Waals surface area contributed by atoms with Gasteiger partial charge in [0.25, 0.3) is 5.91 Å². The Hall–Kier alpha value is -2.33. The van der Waals surface area contributed by atoms with E-state index in [2.05, 4.69) is 35.8 Å². The summed E-state index contributed by atoms with van der Waals surface area (Å²) in [6, 6.07) is 14.4. The third-order valence-electron chi connectivity index (χ3n) is 4.53.